The maximum Gasteiger partial charge on any atom is 0.404 e. The molecular formula is C36H26Cl2NO4+. The van der Waals surface area contributed by atoms with Crippen LogP contribution in [0.2, 0.25) is 10.0 Å². The number of esters is 2. The van der Waals surface area contributed by atoms with E-state index in [4.69, 9.17) is 32.7 Å². The monoisotopic (exact) mass is 606 g/mol. The fourth-order valence-corrected chi connectivity index (χ4v) is 6.11. The number of para-hydroxylation sites is 1. The van der Waals surface area contributed by atoms with Crippen LogP contribution in [0.4, 0.5) is 0 Å². The highest BCUT2D eigenvalue weighted by Gasteiger charge is 2.43. The highest BCUT2D eigenvalue weighted by atomic mass is 35.5. The second-order valence-electron chi connectivity index (χ2n) is 10.0. The Bertz CT molecular complexity index is 1910. The number of benzene rings is 4. The van der Waals surface area contributed by atoms with Gasteiger partial charge in [0, 0.05) is 28.1 Å². The van der Waals surface area contributed by atoms with Crippen molar-refractivity contribution >= 4 is 63.9 Å². The van der Waals surface area contributed by atoms with Crippen LogP contribution < -0.4 is 4.57 Å². The lowest BCUT2D eigenvalue weighted by Crippen LogP contribution is -2.40. The topological polar surface area (TPSA) is 56.5 Å². The number of pyridine rings is 1. The Kier molecular flexibility index (Phi) is 7.85. The molecule has 0 unspecified atom stereocenters. The molecule has 7 heteroatoms. The number of hydrogen-bond donors (Lipinski definition) is 0. The first-order valence-corrected chi connectivity index (χ1v) is 14.3. The second kappa shape index (κ2) is 11.9. The Morgan fingerprint density at radius 3 is 1.95 bits per heavy atom. The smallest absolute Gasteiger partial charge is 0.404 e. The first kappa shape index (κ1) is 28.4. The van der Waals surface area contributed by atoms with Crippen LogP contribution in [0, 0.1) is 0 Å². The largest absolute Gasteiger partial charge is 0.465 e. The summed E-state index contributed by atoms with van der Waals surface area (Å²) in [7, 11) is 2.59. The molecule has 1 aliphatic carbocycles. The van der Waals surface area contributed by atoms with Crippen LogP contribution in [-0.2, 0) is 19.1 Å². The van der Waals surface area contributed by atoms with Gasteiger partial charge in [-0.1, -0.05) is 90.0 Å². The van der Waals surface area contributed by atoms with E-state index in [1.807, 2.05) is 97.1 Å². The molecule has 212 valence electrons. The Balaban J connectivity index is 1.65. The van der Waals surface area contributed by atoms with Crippen LogP contribution in [0.15, 0.2) is 109 Å². The van der Waals surface area contributed by atoms with Gasteiger partial charge in [-0.3, -0.25) is 0 Å². The van der Waals surface area contributed by atoms with Gasteiger partial charge in [-0.05, 0) is 63.7 Å². The van der Waals surface area contributed by atoms with Gasteiger partial charge in [0.1, 0.15) is 5.57 Å². The van der Waals surface area contributed by atoms with Crippen molar-refractivity contribution < 1.29 is 23.6 Å². The van der Waals surface area contributed by atoms with Crippen LogP contribution in [0.3, 0.4) is 0 Å². The van der Waals surface area contributed by atoms with Crippen LogP contribution in [0.25, 0.3) is 39.9 Å². The average Bonchev–Trinajstić information content (AvgIpc) is 3.34. The van der Waals surface area contributed by atoms with E-state index in [2.05, 4.69) is 0 Å². The summed E-state index contributed by atoms with van der Waals surface area (Å²) in [5.74, 6) is -2.07. The van der Waals surface area contributed by atoms with E-state index in [0.29, 0.717) is 15.6 Å². The third-order valence-corrected chi connectivity index (χ3v) is 8.11. The minimum Gasteiger partial charge on any atom is -0.465 e. The zero-order valence-corrected chi connectivity index (χ0v) is 24.9. The highest BCUT2D eigenvalue weighted by Crippen LogP contribution is 2.50. The summed E-state index contributed by atoms with van der Waals surface area (Å²) in [5.41, 5.74) is 6.16. The van der Waals surface area contributed by atoms with Crippen LogP contribution in [0.1, 0.15) is 28.2 Å². The van der Waals surface area contributed by atoms with Gasteiger partial charge < -0.3 is 9.47 Å². The molecule has 0 N–H and O–H groups in total. The van der Waals surface area contributed by atoms with Gasteiger partial charge in [0.05, 0.1) is 19.6 Å². The summed E-state index contributed by atoms with van der Waals surface area (Å²) in [6.07, 6.45) is 5.83. The molecule has 0 saturated heterocycles. The maximum absolute atomic E-state index is 13.8. The highest BCUT2D eigenvalue weighted by molar-refractivity contribution is 6.31. The van der Waals surface area contributed by atoms with Crippen LogP contribution >= 0.6 is 23.2 Å². The van der Waals surface area contributed by atoms with Crippen molar-refractivity contribution in [3.8, 4) is 11.1 Å². The van der Waals surface area contributed by atoms with Gasteiger partial charge in [-0.25, -0.2) is 9.59 Å². The van der Waals surface area contributed by atoms with E-state index in [1.165, 1.54) is 14.2 Å². The van der Waals surface area contributed by atoms with Crippen molar-refractivity contribution in [1.29, 1.82) is 0 Å². The van der Waals surface area contributed by atoms with Gasteiger partial charge >= 0.3 is 17.6 Å². The van der Waals surface area contributed by atoms with Crippen molar-refractivity contribution in [2.75, 3.05) is 14.2 Å². The molecule has 0 saturated carbocycles. The standard InChI is InChI=1S/C36H26Cl2NO4/c1-42-35(40)33(32-29-20-24(37)14-16-27(29)28-17-15-25(38)21-30(28)32)34(36(41)43-2)39-19-18-23(26-10-6-7-11-31(26)39)13-12-22-8-4-3-5-9-22/h3-21,32H,1-2H3/q+1/b13-12+,34-33-. The van der Waals surface area contributed by atoms with Crippen molar-refractivity contribution in [2.45, 2.75) is 5.92 Å². The first-order valence-electron chi connectivity index (χ1n) is 13.6. The summed E-state index contributed by atoms with van der Waals surface area (Å²) >= 11 is 13.0. The quantitative estimate of drug-likeness (QED) is 0.112. The van der Waals surface area contributed by atoms with Gasteiger partial charge in [0.25, 0.3) is 0 Å². The minimum absolute atomic E-state index is 0.0351. The number of nitrogens with zero attached hydrogens (tertiary/aromatic N) is 1. The zero-order valence-electron chi connectivity index (χ0n) is 23.4. The average molecular weight is 608 g/mol. The summed E-state index contributed by atoms with van der Waals surface area (Å²) in [6, 6.07) is 30.6. The third-order valence-electron chi connectivity index (χ3n) is 7.64. The molecule has 5 aromatic rings. The van der Waals surface area contributed by atoms with Gasteiger partial charge in [0.2, 0.25) is 5.52 Å². The summed E-state index contributed by atoms with van der Waals surface area (Å²) in [4.78, 5) is 27.6. The molecule has 1 aliphatic rings. The molecule has 1 heterocycles. The number of methoxy groups -OCH3 is 2. The molecule has 0 radical (unpaired) electrons. The molecular weight excluding hydrogens is 581 g/mol. The number of rotatable bonds is 6. The van der Waals surface area contributed by atoms with Crippen LogP contribution in [-0.4, -0.2) is 26.2 Å². The molecule has 0 spiro atoms. The third kappa shape index (κ3) is 5.22. The zero-order chi connectivity index (χ0) is 30.1. The predicted molar refractivity (Wildman–Crippen MR) is 171 cm³/mol. The van der Waals surface area contributed by atoms with E-state index < -0.39 is 17.9 Å². The summed E-state index contributed by atoms with van der Waals surface area (Å²) < 4.78 is 12.4. The minimum atomic E-state index is -0.701. The van der Waals surface area contributed by atoms with Gasteiger partial charge in [-0.2, -0.15) is 4.57 Å². The predicted octanol–water partition coefficient (Wildman–Crippen LogP) is 7.97. The molecule has 43 heavy (non-hydrogen) atoms. The Morgan fingerprint density at radius 2 is 1.33 bits per heavy atom. The van der Waals surface area contributed by atoms with Crippen LogP contribution in [0.5, 0.6) is 0 Å². The molecule has 4 aromatic carbocycles. The van der Waals surface area contributed by atoms with Gasteiger partial charge in [-0.15, -0.1) is 0 Å². The number of ether oxygens (including phenoxy) is 2. The Morgan fingerprint density at radius 1 is 0.721 bits per heavy atom. The SMILES string of the molecule is COC(=O)/C(=C(/C(=O)OC)[n+]1ccc(/C=C/c2ccccc2)c2ccccc21)C1c2cc(Cl)ccc2-c2ccc(Cl)cc21. The van der Waals surface area contributed by atoms with E-state index in [9.17, 15) is 9.59 Å². The molecule has 5 nitrogen and oxygen atoms in total. The fraction of sp³-hybridized carbons (Fsp3) is 0.0833. The normalized spacial score (nSPS) is 13.0. The number of aromatic nitrogens is 1. The van der Waals surface area contributed by atoms with Crippen molar-refractivity contribution in [3.63, 3.8) is 0 Å². The lowest BCUT2D eigenvalue weighted by Gasteiger charge is -2.18. The molecule has 0 amide bonds. The Hall–Kier alpha value is -4.71. The number of carbonyl (C=O) groups excluding carboxylic acids is 2. The van der Waals surface area contributed by atoms with Crippen molar-refractivity contribution in [3.05, 3.63) is 141 Å². The van der Waals surface area contributed by atoms with Crippen molar-refractivity contribution in [2.24, 2.45) is 0 Å². The molecule has 6 rings (SSSR count). The van der Waals surface area contributed by atoms with E-state index >= 15 is 0 Å². The van der Waals surface area contributed by atoms with Gasteiger partial charge in [0.15, 0.2) is 6.20 Å². The molecule has 0 fully saturated rings. The molecule has 0 aliphatic heterocycles. The van der Waals surface area contributed by atoms with E-state index in [0.717, 1.165) is 38.8 Å². The number of fused-ring (bicyclic) bond motifs is 4. The number of hydrogen-bond acceptors (Lipinski definition) is 4. The number of carbonyl (C=O) groups is 2. The molecule has 0 bridgehead atoms. The maximum atomic E-state index is 13.8. The lowest BCUT2D eigenvalue weighted by molar-refractivity contribution is -0.550. The Labute approximate surface area is 259 Å². The molecule has 0 atom stereocenters. The van der Waals surface area contributed by atoms with E-state index in [-0.39, 0.29) is 11.3 Å². The van der Waals surface area contributed by atoms with Crippen molar-refractivity contribution in [1.82, 2.24) is 0 Å². The first-order chi connectivity index (χ1) is 20.9. The lowest BCUT2D eigenvalue weighted by atomic mass is 9.87. The number of halogens is 2. The summed E-state index contributed by atoms with van der Waals surface area (Å²) in [6.45, 7) is 0. The molecule has 1 aromatic heterocycles. The fourth-order valence-electron chi connectivity index (χ4n) is 5.75. The second-order valence-corrected chi connectivity index (χ2v) is 10.9. The summed E-state index contributed by atoms with van der Waals surface area (Å²) in [5, 5.41) is 1.87. The van der Waals surface area contributed by atoms with E-state index in [1.54, 1.807) is 22.9 Å².